The van der Waals surface area contributed by atoms with Crippen LogP contribution in [0.2, 0.25) is 0 Å². The van der Waals surface area contributed by atoms with Gasteiger partial charge in [-0.05, 0) is 72.0 Å². The van der Waals surface area contributed by atoms with Crippen molar-refractivity contribution in [1.29, 1.82) is 0 Å². The highest BCUT2D eigenvalue weighted by Crippen LogP contribution is 2.28. The first-order valence-corrected chi connectivity index (χ1v) is 7.64. The molecule has 0 radical (unpaired) electrons. The van der Waals surface area contributed by atoms with Crippen LogP contribution in [0.5, 0.6) is 0 Å². The zero-order valence-electron chi connectivity index (χ0n) is 11.6. The second-order valence-corrected chi connectivity index (χ2v) is 6.64. The minimum absolute atomic E-state index is 0.159. The summed E-state index contributed by atoms with van der Waals surface area (Å²) in [6.45, 7) is 6.81. The minimum atomic E-state index is -0.159. The van der Waals surface area contributed by atoms with Crippen molar-refractivity contribution in [2.75, 3.05) is 7.05 Å². The van der Waals surface area contributed by atoms with Crippen LogP contribution in [-0.4, -0.2) is 7.05 Å². The Morgan fingerprint density at radius 1 is 1.22 bits per heavy atom. The van der Waals surface area contributed by atoms with Crippen molar-refractivity contribution in [3.63, 3.8) is 0 Å². The molecule has 0 aromatic heterocycles. The van der Waals surface area contributed by atoms with Gasteiger partial charge in [-0.1, -0.05) is 26.8 Å². The average molecular weight is 363 g/mol. The largest absolute Gasteiger partial charge is 0.313 e. The van der Waals surface area contributed by atoms with Crippen LogP contribution in [-0.2, 0) is 0 Å². The van der Waals surface area contributed by atoms with Gasteiger partial charge in [-0.25, -0.2) is 4.39 Å². The Hall–Kier alpha value is -0.160. The highest BCUT2D eigenvalue weighted by Gasteiger charge is 2.17. The molecule has 0 saturated heterocycles. The molecule has 0 aliphatic rings. The topological polar surface area (TPSA) is 12.0 Å². The second kappa shape index (κ2) is 7.43. The molecule has 2 unspecified atom stereocenters. The molecule has 0 heterocycles. The van der Waals surface area contributed by atoms with Crippen molar-refractivity contribution in [2.24, 2.45) is 11.8 Å². The zero-order valence-corrected chi connectivity index (χ0v) is 13.8. The maximum absolute atomic E-state index is 13.1. The fourth-order valence-electron chi connectivity index (χ4n) is 2.49. The van der Waals surface area contributed by atoms with Gasteiger partial charge in [0.2, 0.25) is 0 Å². The Morgan fingerprint density at radius 3 is 2.39 bits per heavy atom. The molecule has 0 aliphatic heterocycles. The van der Waals surface area contributed by atoms with Crippen LogP contribution in [0, 0.1) is 21.2 Å². The summed E-state index contributed by atoms with van der Waals surface area (Å²) in [5.74, 6) is 1.24. The van der Waals surface area contributed by atoms with Crippen LogP contribution < -0.4 is 5.32 Å². The summed E-state index contributed by atoms with van der Waals surface area (Å²) < 4.78 is 14.1. The molecule has 2 atom stereocenters. The van der Waals surface area contributed by atoms with Crippen LogP contribution in [0.25, 0.3) is 0 Å². The van der Waals surface area contributed by atoms with Crippen molar-refractivity contribution < 1.29 is 4.39 Å². The zero-order chi connectivity index (χ0) is 13.7. The molecule has 0 fully saturated rings. The molecule has 0 spiro atoms. The average Bonchev–Trinajstić information content (AvgIpc) is 2.25. The molecule has 3 heteroatoms. The summed E-state index contributed by atoms with van der Waals surface area (Å²) in [7, 11) is 1.98. The Balaban J connectivity index is 2.76. The SMILES string of the molecule is CNC(CC(C)CC(C)C)c1ccc(F)cc1I. The summed E-state index contributed by atoms with van der Waals surface area (Å²) in [5, 5.41) is 3.36. The lowest BCUT2D eigenvalue weighted by Gasteiger charge is -2.23. The van der Waals surface area contributed by atoms with Gasteiger partial charge in [-0.15, -0.1) is 0 Å². The van der Waals surface area contributed by atoms with Crippen molar-refractivity contribution in [3.8, 4) is 0 Å². The van der Waals surface area contributed by atoms with Gasteiger partial charge >= 0.3 is 0 Å². The molecule has 1 aromatic rings. The second-order valence-electron chi connectivity index (χ2n) is 5.48. The molecular weight excluding hydrogens is 340 g/mol. The van der Waals surface area contributed by atoms with Gasteiger partial charge in [-0.2, -0.15) is 0 Å². The van der Waals surface area contributed by atoms with E-state index in [0.29, 0.717) is 12.0 Å². The van der Waals surface area contributed by atoms with Gasteiger partial charge in [0.25, 0.3) is 0 Å². The van der Waals surface area contributed by atoms with E-state index in [1.807, 2.05) is 13.1 Å². The predicted molar refractivity (Wildman–Crippen MR) is 84.2 cm³/mol. The Kier molecular flexibility index (Phi) is 6.57. The third-order valence-electron chi connectivity index (χ3n) is 3.20. The number of rotatable bonds is 6. The predicted octanol–water partition coefficient (Wildman–Crippen LogP) is 4.76. The highest BCUT2D eigenvalue weighted by molar-refractivity contribution is 14.1. The van der Waals surface area contributed by atoms with Crippen LogP contribution in [0.3, 0.4) is 0 Å². The molecule has 0 saturated carbocycles. The third kappa shape index (κ3) is 4.84. The number of hydrogen-bond donors (Lipinski definition) is 1. The van der Waals surface area contributed by atoms with E-state index >= 15 is 0 Å². The number of halogens is 2. The van der Waals surface area contributed by atoms with Crippen LogP contribution in [0.4, 0.5) is 4.39 Å². The quantitative estimate of drug-likeness (QED) is 0.719. The van der Waals surface area contributed by atoms with Gasteiger partial charge in [0.05, 0.1) is 0 Å². The summed E-state index contributed by atoms with van der Waals surface area (Å²) in [4.78, 5) is 0. The first-order chi connectivity index (χ1) is 8.43. The van der Waals surface area contributed by atoms with Crippen molar-refractivity contribution in [1.82, 2.24) is 5.32 Å². The Bertz CT molecular complexity index is 379. The highest BCUT2D eigenvalue weighted by atomic mass is 127. The fraction of sp³-hybridized carbons (Fsp3) is 0.600. The Morgan fingerprint density at radius 2 is 1.89 bits per heavy atom. The first-order valence-electron chi connectivity index (χ1n) is 6.56. The van der Waals surface area contributed by atoms with Gasteiger partial charge < -0.3 is 5.32 Å². The molecule has 1 nitrogen and oxygen atoms in total. The van der Waals surface area contributed by atoms with Crippen molar-refractivity contribution in [2.45, 2.75) is 39.7 Å². The maximum atomic E-state index is 13.1. The summed E-state index contributed by atoms with van der Waals surface area (Å²) >= 11 is 2.22. The third-order valence-corrected chi connectivity index (χ3v) is 4.13. The van der Waals surface area contributed by atoms with Gasteiger partial charge in [0, 0.05) is 9.61 Å². The molecule has 0 bridgehead atoms. The van der Waals surface area contributed by atoms with E-state index in [1.165, 1.54) is 12.0 Å². The van der Waals surface area contributed by atoms with Crippen LogP contribution >= 0.6 is 22.6 Å². The molecule has 1 N–H and O–H groups in total. The first kappa shape index (κ1) is 15.9. The van der Waals surface area contributed by atoms with Crippen molar-refractivity contribution >= 4 is 22.6 Å². The molecule has 102 valence electrons. The van der Waals surface area contributed by atoms with Crippen LogP contribution in [0.15, 0.2) is 18.2 Å². The standard InChI is InChI=1S/C15H23FIN/c1-10(2)7-11(3)8-15(18-4)13-6-5-12(16)9-14(13)17/h5-6,9-11,15,18H,7-8H2,1-4H3. The van der Waals surface area contributed by atoms with E-state index in [9.17, 15) is 4.39 Å². The van der Waals surface area contributed by atoms with Gasteiger partial charge in [0.15, 0.2) is 0 Å². The lowest BCUT2D eigenvalue weighted by molar-refractivity contribution is 0.366. The molecule has 1 aromatic carbocycles. The smallest absolute Gasteiger partial charge is 0.124 e. The molecule has 1 rings (SSSR count). The lowest BCUT2D eigenvalue weighted by Crippen LogP contribution is -2.20. The lowest BCUT2D eigenvalue weighted by atomic mass is 9.90. The Labute approximate surface area is 124 Å². The van der Waals surface area contributed by atoms with Gasteiger partial charge in [-0.3, -0.25) is 0 Å². The van der Waals surface area contributed by atoms with Gasteiger partial charge in [0.1, 0.15) is 5.82 Å². The summed E-state index contributed by atoms with van der Waals surface area (Å²) in [6, 6.07) is 5.37. The monoisotopic (exact) mass is 363 g/mol. The van der Waals surface area contributed by atoms with Crippen LogP contribution in [0.1, 0.15) is 45.2 Å². The molecule has 0 amide bonds. The summed E-state index contributed by atoms with van der Waals surface area (Å²) in [6.07, 6.45) is 2.33. The molecular formula is C15H23FIN. The van der Waals surface area contributed by atoms with E-state index in [4.69, 9.17) is 0 Å². The van der Waals surface area contributed by atoms with E-state index in [1.54, 1.807) is 12.1 Å². The van der Waals surface area contributed by atoms with E-state index < -0.39 is 0 Å². The number of nitrogens with one attached hydrogen (secondary N) is 1. The molecule has 0 aliphatic carbocycles. The normalized spacial score (nSPS) is 14.8. The number of hydrogen-bond acceptors (Lipinski definition) is 1. The van der Waals surface area contributed by atoms with E-state index in [-0.39, 0.29) is 5.82 Å². The fourth-order valence-corrected chi connectivity index (χ4v) is 3.34. The maximum Gasteiger partial charge on any atom is 0.124 e. The number of benzene rings is 1. The van der Waals surface area contributed by atoms with Crippen molar-refractivity contribution in [3.05, 3.63) is 33.1 Å². The summed E-state index contributed by atoms with van der Waals surface area (Å²) in [5.41, 5.74) is 1.20. The van der Waals surface area contributed by atoms with E-state index in [0.717, 1.165) is 15.9 Å². The minimum Gasteiger partial charge on any atom is -0.313 e. The van der Waals surface area contributed by atoms with E-state index in [2.05, 4.69) is 48.7 Å². The molecule has 18 heavy (non-hydrogen) atoms.